The van der Waals surface area contributed by atoms with Gasteiger partial charge in [-0.15, -0.1) is 0 Å². The topological polar surface area (TPSA) is 78.9 Å². The fourth-order valence-corrected chi connectivity index (χ4v) is 6.87. The number of carbonyl (C=O) groups is 3. The molecule has 0 amide bonds. The summed E-state index contributed by atoms with van der Waals surface area (Å²) in [6, 6.07) is 0. The summed E-state index contributed by atoms with van der Waals surface area (Å²) in [4.78, 5) is 37.9. The zero-order valence-electron chi connectivity index (χ0n) is 41.1. The minimum atomic E-state index is -0.826. The monoisotopic (exact) mass is 877 g/mol. The van der Waals surface area contributed by atoms with E-state index in [9.17, 15) is 14.4 Å². The number of rotatable bonds is 46. The lowest BCUT2D eigenvalue weighted by Crippen LogP contribution is -2.30. The molecule has 0 aromatic heterocycles. The number of allylic oxidation sites excluding steroid dienone is 14. The van der Waals surface area contributed by atoms with Crippen molar-refractivity contribution < 1.29 is 28.6 Å². The molecule has 0 rings (SSSR count). The van der Waals surface area contributed by atoms with Gasteiger partial charge in [-0.05, 0) is 103 Å². The van der Waals surface area contributed by atoms with E-state index >= 15 is 0 Å². The van der Waals surface area contributed by atoms with Crippen molar-refractivity contribution in [2.75, 3.05) is 13.2 Å². The van der Waals surface area contributed by atoms with Crippen LogP contribution in [-0.2, 0) is 28.6 Å². The summed E-state index contributed by atoms with van der Waals surface area (Å²) in [6.07, 6.45) is 65.8. The standard InChI is InChI=1S/C57H96O6/c1-4-7-10-13-16-19-22-24-26-28-30-32-35-38-41-44-47-50-56(59)62-53-54(52-61-55(58)49-46-43-40-37-34-21-18-15-12-9-6-3)63-57(60)51-48-45-42-39-36-33-31-29-27-25-23-20-17-14-11-8-5-2/h15,18,24-27,30-33,38-39,41-42,54H,4-14,16-17,19-23,28-29,34-37,40,43-53H2,1-3H3/b18-15-,26-24-,27-25-,32-30-,33-31-,41-38-,42-39-/t54-/m0/s1. The predicted molar refractivity (Wildman–Crippen MR) is 270 cm³/mol. The maximum Gasteiger partial charge on any atom is 0.306 e. The lowest BCUT2D eigenvalue weighted by molar-refractivity contribution is -0.167. The summed E-state index contributed by atoms with van der Waals surface area (Å²) >= 11 is 0. The number of ether oxygens (including phenoxy) is 3. The molecule has 0 saturated heterocycles. The zero-order chi connectivity index (χ0) is 45.8. The molecule has 0 aromatic rings. The molecule has 0 N–H and O–H groups in total. The second kappa shape index (κ2) is 51.2. The molecule has 0 saturated carbocycles. The molecule has 0 aromatic carbocycles. The Kier molecular flexibility index (Phi) is 48.5. The van der Waals surface area contributed by atoms with Crippen LogP contribution in [-0.4, -0.2) is 37.2 Å². The van der Waals surface area contributed by atoms with Gasteiger partial charge in [0.1, 0.15) is 13.2 Å². The molecule has 0 spiro atoms. The molecule has 0 aliphatic rings. The van der Waals surface area contributed by atoms with Crippen LogP contribution in [0.2, 0.25) is 0 Å². The van der Waals surface area contributed by atoms with E-state index in [-0.39, 0.29) is 44.0 Å². The lowest BCUT2D eigenvalue weighted by atomic mass is 10.1. The van der Waals surface area contributed by atoms with Crippen LogP contribution in [0.5, 0.6) is 0 Å². The molecule has 0 aliphatic carbocycles. The largest absolute Gasteiger partial charge is 0.462 e. The van der Waals surface area contributed by atoms with E-state index in [0.29, 0.717) is 19.3 Å². The fraction of sp³-hybridized carbons (Fsp3) is 0.702. The average Bonchev–Trinajstić information content (AvgIpc) is 3.28. The highest BCUT2D eigenvalue weighted by molar-refractivity contribution is 5.71. The number of hydrogen-bond acceptors (Lipinski definition) is 6. The van der Waals surface area contributed by atoms with Gasteiger partial charge < -0.3 is 14.2 Å². The Hall–Kier alpha value is -3.41. The summed E-state index contributed by atoms with van der Waals surface area (Å²) in [5.74, 6) is -1.04. The molecule has 0 bridgehead atoms. The van der Waals surface area contributed by atoms with Gasteiger partial charge in [-0.25, -0.2) is 0 Å². The van der Waals surface area contributed by atoms with E-state index in [1.54, 1.807) is 0 Å². The highest BCUT2D eigenvalue weighted by Crippen LogP contribution is 2.12. The van der Waals surface area contributed by atoms with E-state index in [0.717, 1.165) is 70.6 Å². The first-order valence-electron chi connectivity index (χ1n) is 26.1. The number of hydrogen-bond donors (Lipinski definition) is 0. The molecular weight excluding hydrogens is 781 g/mol. The van der Waals surface area contributed by atoms with Gasteiger partial charge >= 0.3 is 17.9 Å². The summed E-state index contributed by atoms with van der Waals surface area (Å²) in [5.41, 5.74) is 0. The van der Waals surface area contributed by atoms with Crippen molar-refractivity contribution in [3.05, 3.63) is 85.1 Å². The van der Waals surface area contributed by atoms with E-state index < -0.39 is 6.10 Å². The van der Waals surface area contributed by atoms with Gasteiger partial charge in [0.2, 0.25) is 0 Å². The Labute approximate surface area is 388 Å². The quantitative estimate of drug-likeness (QED) is 0.0262. The number of unbranched alkanes of at least 4 members (excludes halogenated alkanes) is 21. The van der Waals surface area contributed by atoms with Crippen molar-refractivity contribution >= 4 is 17.9 Å². The van der Waals surface area contributed by atoms with E-state index in [4.69, 9.17) is 14.2 Å². The van der Waals surface area contributed by atoms with Crippen LogP contribution in [0.4, 0.5) is 0 Å². The maximum atomic E-state index is 12.8. The second-order valence-corrected chi connectivity index (χ2v) is 17.1. The van der Waals surface area contributed by atoms with Crippen molar-refractivity contribution in [3.8, 4) is 0 Å². The Morgan fingerprint density at radius 3 is 1.02 bits per heavy atom. The number of carbonyl (C=O) groups excluding carboxylic acids is 3. The minimum absolute atomic E-state index is 0.117. The molecule has 0 fully saturated rings. The third-order valence-corrected chi connectivity index (χ3v) is 10.8. The van der Waals surface area contributed by atoms with E-state index in [1.165, 1.54) is 116 Å². The Bertz CT molecular complexity index is 1240. The maximum absolute atomic E-state index is 12.8. The fourth-order valence-electron chi connectivity index (χ4n) is 6.87. The van der Waals surface area contributed by atoms with Gasteiger partial charge in [-0.3, -0.25) is 14.4 Å². The molecule has 63 heavy (non-hydrogen) atoms. The Balaban J connectivity index is 4.54. The average molecular weight is 877 g/mol. The molecule has 0 unspecified atom stereocenters. The van der Waals surface area contributed by atoms with E-state index in [1.807, 2.05) is 0 Å². The van der Waals surface area contributed by atoms with Gasteiger partial charge in [-0.2, -0.15) is 0 Å². The summed E-state index contributed by atoms with van der Waals surface area (Å²) in [5, 5.41) is 0. The van der Waals surface area contributed by atoms with Crippen LogP contribution < -0.4 is 0 Å². The lowest BCUT2D eigenvalue weighted by Gasteiger charge is -2.18. The van der Waals surface area contributed by atoms with Crippen LogP contribution in [0.25, 0.3) is 0 Å². The van der Waals surface area contributed by atoms with E-state index in [2.05, 4.69) is 106 Å². The van der Waals surface area contributed by atoms with Gasteiger partial charge in [0.25, 0.3) is 0 Å². The first kappa shape index (κ1) is 59.6. The van der Waals surface area contributed by atoms with Crippen molar-refractivity contribution in [2.45, 2.75) is 245 Å². The highest BCUT2D eigenvalue weighted by Gasteiger charge is 2.19. The molecule has 6 nitrogen and oxygen atoms in total. The highest BCUT2D eigenvalue weighted by atomic mass is 16.6. The summed E-state index contributed by atoms with van der Waals surface area (Å²) < 4.78 is 16.7. The van der Waals surface area contributed by atoms with Crippen molar-refractivity contribution in [1.29, 1.82) is 0 Å². The SMILES string of the molecule is CCCC/C=C\CCCCCCCC(=O)OC[C@@H](COC(=O)CCC/C=C\C/C=C\C/C=C\CCCCCCCC)OC(=O)CCC/C=C\C/C=C\C/C=C\CCCCCCCC. The Morgan fingerprint density at radius 1 is 0.317 bits per heavy atom. The molecule has 0 heterocycles. The van der Waals surface area contributed by atoms with Crippen LogP contribution in [0, 0.1) is 0 Å². The molecule has 1 atom stereocenters. The van der Waals surface area contributed by atoms with Crippen LogP contribution in [0.1, 0.15) is 239 Å². The summed E-state index contributed by atoms with van der Waals surface area (Å²) in [6.45, 7) is 6.48. The van der Waals surface area contributed by atoms with Crippen molar-refractivity contribution in [1.82, 2.24) is 0 Å². The number of esters is 3. The van der Waals surface area contributed by atoms with Gasteiger partial charge in [0.15, 0.2) is 6.10 Å². The van der Waals surface area contributed by atoms with Crippen LogP contribution in [0.15, 0.2) is 85.1 Å². The van der Waals surface area contributed by atoms with Crippen molar-refractivity contribution in [2.24, 2.45) is 0 Å². The first-order valence-corrected chi connectivity index (χ1v) is 26.1. The first-order chi connectivity index (χ1) is 31.0. The molecular formula is C57H96O6. The smallest absolute Gasteiger partial charge is 0.306 e. The van der Waals surface area contributed by atoms with Crippen LogP contribution in [0.3, 0.4) is 0 Å². The van der Waals surface area contributed by atoms with Gasteiger partial charge in [0, 0.05) is 19.3 Å². The van der Waals surface area contributed by atoms with Crippen molar-refractivity contribution in [3.63, 3.8) is 0 Å². The Morgan fingerprint density at radius 2 is 0.603 bits per heavy atom. The minimum Gasteiger partial charge on any atom is -0.462 e. The second-order valence-electron chi connectivity index (χ2n) is 17.1. The predicted octanol–water partition coefficient (Wildman–Crippen LogP) is 17.2. The summed E-state index contributed by atoms with van der Waals surface area (Å²) in [7, 11) is 0. The zero-order valence-corrected chi connectivity index (χ0v) is 41.1. The van der Waals surface area contributed by atoms with Gasteiger partial charge in [0.05, 0.1) is 0 Å². The molecule has 0 aliphatic heterocycles. The van der Waals surface area contributed by atoms with Crippen LogP contribution >= 0.6 is 0 Å². The van der Waals surface area contributed by atoms with Gasteiger partial charge in [-0.1, -0.05) is 202 Å². The third kappa shape index (κ3) is 49.5. The molecule has 6 heteroatoms. The normalized spacial score (nSPS) is 12.7. The molecule has 0 radical (unpaired) electrons. The third-order valence-electron chi connectivity index (χ3n) is 10.8. The molecule has 360 valence electrons.